The number of ether oxygens (including phenoxy) is 3. The number of rotatable bonds is 8. The summed E-state index contributed by atoms with van der Waals surface area (Å²) in [6.07, 6.45) is 0.823. The first kappa shape index (κ1) is 20.9. The minimum absolute atomic E-state index is 0.241. The number of likely N-dealkylation sites (tertiary alicyclic amines) is 1. The highest BCUT2D eigenvalue weighted by Crippen LogP contribution is 2.38. The molecule has 0 bridgehead atoms. The lowest BCUT2D eigenvalue weighted by Crippen LogP contribution is -2.42. The Labute approximate surface area is 177 Å². The van der Waals surface area contributed by atoms with Gasteiger partial charge in [0.05, 0.1) is 12.7 Å². The summed E-state index contributed by atoms with van der Waals surface area (Å²) >= 11 is 0. The van der Waals surface area contributed by atoms with Crippen LogP contribution in [0.15, 0.2) is 48.5 Å². The molecule has 4 atom stereocenters. The van der Waals surface area contributed by atoms with Crippen molar-refractivity contribution in [1.29, 1.82) is 0 Å². The van der Waals surface area contributed by atoms with Crippen molar-refractivity contribution >= 4 is 0 Å². The Morgan fingerprint density at radius 2 is 1.67 bits per heavy atom. The smallest absolute Gasteiger partial charge is 0.125 e. The third-order valence-electron chi connectivity index (χ3n) is 6.05. The van der Waals surface area contributed by atoms with E-state index in [1.54, 1.807) is 12.1 Å². The van der Waals surface area contributed by atoms with Crippen LogP contribution in [0.2, 0.25) is 0 Å². The van der Waals surface area contributed by atoms with Gasteiger partial charge in [-0.2, -0.15) is 0 Å². The lowest BCUT2D eigenvalue weighted by atomic mass is 9.78. The van der Waals surface area contributed by atoms with Gasteiger partial charge >= 0.3 is 0 Å². The molecule has 1 aliphatic heterocycles. The number of fused-ring (bicyclic) bond motifs is 1. The van der Waals surface area contributed by atoms with Crippen LogP contribution in [0.1, 0.15) is 19.8 Å². The fraction of sp³-hybridized carbons (Fsp3) is 0.500. The van der Waals surface area contributed by atoms with Crippen molar-refractivity contribution in [2.45, 2.75) is 32.0 Å². The van der Waals surface area contributed by atoms with Crippen molar-refractivity contribution in [3.8, 4) is 17.2 Å². The molecule has 1 N–H and O–H groups in total. The topological polar surface area (TPSA) is 51.2 Å². The number of hydrogen-bond donors (Lipinski definition) is 1. The molecule has 0 amide bonds. The van der Waals surface area contributed by atoms with E-state index in [-0.39, 0.29) is 11.9 Å². The monoisotopic (exact) mass is 415 g/mol. The number of nitrogens with zero attached hydrogens (tertiary/aromatic N) is 1. The van der Waals surface area contributed by atoms with Gasteiger partial charge in [-0.1, -0.05) is 6.07 Å². The second kappa shape index (κ2) is 9.67. The predicted octanol–water partition coefficient (Wildman–Crippen LogP) is 3.75. The summed E-state index contributed by atoms with van der Waals surface area (Å²) in [5.74, 6) is 2.94. The van der Waals surface area contributed by atoms with E-state index in [0.717, 1.165) is 44.0 Å². The maximum Gasteiger partial charge on any atom is 0.125 e. The Morgan fingerprint density at radius 3 is 2.40 bits per heavy atom. The number of halogens is 1. The van der Waals surface area contributed by atoms with Gasteiger partial charge in [0.25, 0.3) is 0 Å². The van der Waals surface area contributed by atoms with Crippen LogP contribution in [-0.2, 0) is 0 Å². The Hall–Kier alpha value is -2.31. The molecule has 4 rings (SSSR count). The van der Waals surface area contributed by atoms with Crippen LogP contribution in [0, 0.1) is 17.7 Å². The van der Waals surface area contributed by atoms with Gasteiger partial charge in [-0.25, -0.2) is 4.39 Å². The molecule has 0 radical (unpaired) electrons. The molecule has 1 saturated heterocycles. The summed E-state index contributed by atoms with van der Waals surface area (Å²) in [6.45, 7) is 6.04. The molecule has 1 aliphatic carbocycles. The van der Waals surface area contributed by atoms with Crippen LogP contribution < -0.4 is 14.2 Å². The molecular weight excluding hydrogens is 385 g/mol. The van der Waals surface area contributed by atoms with Crippen LogP contribution in [0.3, 0.4) is 0 Å². The van der Waals surface area contributed by atoms with Crippen molar-refractivity contribution < 1.29 is 23.7 Å². The van der Waals surface area contributed by atoms with E-state index in [1.807, 2.05) is 31.2 Å². The summed E-state index contributed by atoms with van der Waals surface area (Å²) in [5.41, 5.74) is 0. The highest BCUT2D eigenvalue weighted by Gasteiger charge is 2.42. The average Bonchev–Trinajstić information content (AvgIpc) is 3.12. The molecule has 1 heterocycles. The molecule has 0 aromatic heterocycles. The van der Waals surface area contributed by atoms with Crippen molar-refractivity contribution in [3.05, 3.63) is 54.3 Å². The van der Waals surface area contributed by atoms with Crippen LogP contribution in [0.25, 0.3) is 0 Å². The standard InChI is InChI=1S/C24H30FNO4/c1-2-28-21-4-3-5-22(14-21)29-11-10-26-15-17-12-23(27)24(13-18(17)16-26)30-20-8-6-19(25)7-9-20/h3-9,14,17-18,23-24,27H,2,10-13,15-16H2,1H3/t17-,18+,23+,24+/m0/s1. The van der Waals surface area contributed by atoms with Gasteiger partial charge in [-0.05, 0) is 68.0 Å². The van der Waals surface area contributed by atoms with Gasteiger partial charge in [0.2, 0.25) is 0 Å². The van der Waals surface area contributed by atoms with Crippen LogP contribution in [-0.4, -0.2) is 55.1 Å². The highest BCUT2D eigenvalue weighted by molar-refractivity contribution is 5.32. The zero-order valence-electron chi connectivity index (χ0n) is 17.4. The zero-order chi connectivity index (χ0) is 20.9. The number of aliphatic hydroxyl groups excluding tert-OH is 1. The first-order valence-electron chi connectivity index (χ1n) is 10.8. The van der Waals surface area contributed by atoms with E-state index < -0.39 is 6.10 Å². The Morgan fingerprint density at radius 1 is 0.967 bits per heavy atom. The molecule has 6 heteroatoms. The predicted molar refractivity (Wildman–Crippen MR) is 113 cm³/mol. The van der Waals surface area contributed by atoms with Gasteiger partial charge in [0.15, 0.2) is 0 Å². The van der Waals surface area contributed by atoms with Crippen molar-refractivity contribution in [2.24, 2.45) is 11.8 Å². The van der Waals surface area contributed by atoms with Gasteiger partial charge in [0.1, 0.15) is 35.8 Å². The van der Waals surface area contributed by atoms with Crippen LogP contribution >= 0.6 is 0 Å². The lowest BCUT2D eigenvalue weighted by Gasteiger charge is -2.35. The Balaban J connectivity index is 1.25. The summed E-state index contributed by atoms with van der Waals surface area (Å²) in [7, 11) is 0. The van der Waals surface area contributed by atoms with E-state index in [4.69, 9.17) is 14.2 Å². The van der Waals surface area contributed by atoms with E-state index in [0.29, 0.717) is 30.8 Å². The maximum atomic E-state index is 13.1. The lowest BCUT2D eigenvalue weighted by molar-refractivity contribution is -0.0231. The van der Waals surface area contributed by atoms with Crippen molar-refractivity contribution in [3.63, 3.8) is 0 Å². The molecule has 5 nitrogen and oxygen atoms in total. The van der Waals surface area contributed by atoms with Gasteiger partial charge < -0.3 is 19.3 Å². The molecule has 0 unspecified atom stereocenters. The third kappa shape index (κ3) is 5.24. The van der Waals surface area contributed by atoms with Crippen molar-refractivity contribution in [2.75, 3.05) is 32.8 Å². The molecular formula is C24H30FNO4. The number of hydrogen-bond acceptors (Lipinski definition) is 5. The second-order valence-electron chi connectivity index (χ2n) is 8.19. The largest absolute Gasteiger partial charge is 0.494 e. The van der Waals surface area contributed by atoms with Gasteiger partial charge in [-0.15, -0.1) is 0 Å². The molecule has 162 valence electrons. The fourth-order valence-electron chi connectivity index (χ4n) is 4.60. The van der Waals surface area contributed by atoms with Gasteiger partial charge in [0, 0.05) is 25.7 Å². The molecule has 0 spiro atoms. The number of benzene rings is 2. The fourth-order valence-corrected chi connectivity index (χ4v) is 4.60. The van der Waals surface area contributed by atoms with Gasteiger partial charge in [-0.3, -0.25) is 4.90 Å². The van der Waals surface area contributed by atoms with E-state index in [2.05, 4.69) is 4.90 Å². The minimum Gasteiger partial charge on any atom is -0.494 e. The summed E-state index contributed by atoms with van der Waals surface area (Å²) in [5, 5.41) is 10.6. The minimum atomic E-state index is -0.492. The highest BCUT2D eigenvalue weighted by atomic mass is 19.1. The average molecular weight is 416 g/mol. The van der Waals surface area contributed by atoms with E-state index in [1.165, 1.54) is 12.1 Å². The third-order valence-corrected chi connectivity index (χ3v) is 6.05. The molecule has 2 aromatic rings. The SMILES string of the molecule is CCOc1cccc(OCCN2C[C@H]3C[C@@H](Oc4ccc(F)cc4)[C@H](O)C[C@H]3C2)c1. The second-order valence-corrected chi connectivity index (χ2v) is 8.19. The molecule has 2 aliphatic rings. The first-order chi connectivity index (χ1) is 14.6. The van der Waals surface area contributed by atoms with Crippen molar-refractivity contribution in [1.82, 2.24) is 4.90 Å². The summed E-state index contributed by atoms with van der Waals surface area (Å²) < 4.78 is 30.5. The molecule has 30 heavy (non-hydrogen) atoms. The summed E-state index contributed by atoms with van der Waals surface area (Å²) in [6, 6.07) is 13.7. The van der Waals surface area contributed by atoms with Crippen LogP contribution in [0.5, 0.6) is 17.2 Å². The Bertz CT molecular complexity index is 815. The zero-order valence-corrected chi connectivity index (χ0v) is 17.4. The van der Waals surface area contributed by atoms with Crippen LogP contribution in [0.4, 0.5) is 4.39 Å². The maximum absolute atomic E-state index is 13.1. The molecule has 2 fully saturated rings. The van der Waals surface area contributed by atoms with E-state index >= 15 is 0 Å². The molecule has 1 saturated carbocycles. The molecule has 2 aromatic carbocycles. The quantitative estimate of drug-likeness (QED) is 0.712. The Kier molecular flexibility index (Phi) is 6.75. The van der Waals surface area contributed by atoms with E-state index in [9.17, 15) is 9.50 Å². The first-order valence-corrected chi connectivity index (χ1v) is 10.8. The normalized spacial score (nSPS) is 26.2. The number of aliphatic hydroxyl groups is 1. The summed E-state index contributed by atoms with van der Waals surface area (Å²) in [4.78, 5) is 2.41.